The largest absolute Gasteiger partial charge is 0.336 e. The van der Waals surface area contributed by atoms with E-state index in [1.807, 2.05) is 30.5 Å². The van der Waals surface area contributed by atoms with Crippen LogP contribution >= 0.6 is 11.8 Å². The number of likely N-dealkylation sites (tertiary alicyclic amines) is 1. The Labute approximate surface area is 83.2 Å². The molecule has 0 aromatic carbocycles. The minimum Gasteiger partial charge on any atom is -0.336 e. The molecule has 74 valence electrons. The predicted molar refractivity (Wildman–Crippen MR) is 55.0 cm³/mol. The molecular weight excluding hydrogens is 184 g/mol. The first-order valence-corrected chi connectivity index (χ1v) is 5.90. The van der Waals surface area contributed by atoms with Gasteiger partial charge in [0.05, 0.1) is 0 Å². The van der Waals surface area contributed by atoms with Crippen LogP contribution in [0.15, 0.2) is 0 Å². The van der Waals surface area contributed by atoms with Crippen LogP contribution in [0, 0.1) is 0 Å². The molecule has 2 fully saturated rings. The molecule has 2 aliphatic rings. The Kier molecular flexibility index (Phi) is 2.41. The smallest absolute Gasteiger partial charge is 0.317 e. The standard InChI is InChI=1S/C9H16N2OS/c1-6(2)10-9(12)11-4-8-3-7(11)5-13-8/h6-8H,3-5H2,1-2H3,(H,10,12). The SMILES string of the molecule is CC(C)NC(=O)N1CC2CC1CS2. The van der Waals surface area contributed by atoms with E-state index >= 15 is 0 Å². The van der Waals surface area contributed by atoms with E-state index in [-0.39, 0.29) is 12.1 Å². The monoisotopic (exact) mass is 200 g/mol. The number of nitrogens with zero attached hydrogens (tertiary/aromatic N) is 1. The Hall–Kier alpha value is -0.380. The van der Waals surface area contributed by atoms with Crippen molar-refractivity contribution in [1.29, 1.82) is 0 Å². The van der Waals surface area contributed by atoms with Crippen molar-refractivity contribution < 1.29 is 4.79 Å². The summed E-state index contributed by atoms with van der Waals surface area (Å²) in [4.78, 5) is 13.7. The third kappa shape index (κ3) is 1.77. The van der Waals surface area contributed by atoms with Crippen molar-refractivity contribution in [2.75, 3.05) is 12.3 Å². The predicted octanol–water partition coefficient (Wildman–Crippen LogP) is 1.29. The van der Waals surface area contributed by atoms with E-state index in [0.29, 0.717) is 11.3 Å². The van der Waals surface area contributed by atoms with Gasteiger partial charge < -0.3 is 10.2 Å². The summed E-state index contributed by atoms with van der Waals surface area (Å²) in [7, 11) is 0. The number of carbonyl (C=O) groups is 1. The van der Waals surface area contributed by atoms with E-state index in [1.54, 1.807) is 0 Å². The van der Waals surface area contributed by atoms with Crippen LogP contribution in [0.4, 0.5) is 4.79 Å². The van der Waals surface area contributed by atoms with Gasteiger partial charge in [-0.15, -0.1) is 0 Å². The molecule has 2 unspecified atom stereocenters. The molecule has 2 saturated heterocycles. The zero-order valence-electron chi connectivity index (χ0n) is 8.12. The molecule has 13 heavy (non-hydrogen) atoms. The van der Waals surface area contributed by atoms with Crippen LogP contribution in [-0.4, -0.2) is 40.6 Å². The van der Waals surface area contributed by atoms with Gasteiger partial charge in [0.1, 0.15) is 0 Å². The van der Waals surface area contributed by atoms with Crippen LogP contribution in [0.3, 0.4) is 0 Å². The number of hydrogen-bond donors (Lipinski definition) is 1. The number of nitrogens with one attached hydrogen (secondary N) is 1. The number of carbonyl (C=O) groups excluding carboxylic acids is 1. The van der Waals surface area contributed by atoms with Gasteiger partial charge in [0.2, 0.25) is 0 Å². The number of amides is 2. The summed E-state index contributed by atoms with van der Waals surface area (Å²) in [5.74, 6) is 1.14. The molecule has 0 aliphatic carbocycles. The highest BCUT2D eigenvalue weighted by atomic mass is 32.2. The number of rotatable bonds is 1. The number of thioether (sulfide) groups is 1. The second-order valence-electron chi connectivity index (χ2n) is 4.10. The zero-order valence-corrected chi connectivity index (χ0v) is 8.93. The van der Waals surface area contributed by atoms with Crippen molar-refractivity contribution >= 4 is 17.8 Å². The molecule has 0 spiro atoms. The summed E-state index contributed by atoms with van der Waals surface area (Å²) in [6.45, 7) is 4.95. The van der Waals surface area contributed by atoms with Crippen LogP contribution in [0.2, 0.25) is 0 Å². The van der Waals surface area contributed by atoms with Gasteiger partial charge >= 0.3 is 6.03 Å². The van der Waals surface area contributed by atoms with E-state index in [2.05, 4.69) is 5.32 Å². The zero-order chi connectivity index (χ0) is 9.42. The number of hydrogen-bond acceptors (Lipinski definition) is 2. The van der Waals surface area contributed by atoms with E-state index in [4.69, 9.17) is 0 Å². The van der Waals surface area contributed by atoms with Gasteiger partial charge in [-0.1, -0.05) is 0 Å². The average molecular weight is 200 g/mol. The van der Waals surface area contributed by atoms with Crippen molar-refractivity contribution in [3.05, 3.63) is 0 Å². The highest BCUT2D eigenvalue weighted by Crippen LogP contribution is 2.37. The Morgan fingerprint density at radius 3 is 2.85 bits per heavy atom. The molecule has 1 N–H and O–H groups in total. The van der Waals surface area contributed by atoms with Crippen molar-refractivity contribution in [3.8, 4) is 0 Å². The Morgan fingerprint density at radius 2 is 2.38 bits per heavy atom. The van der Waals surface area contributed by atoms with Crippen LogP contribution < -0.4 is 5.32 Å². The second-order valence-corrected chi connectivity index (χ2v) is 5.43. The van der Waals surface area contributed by atoms with Crippen LogP contribution in [0.25, 0.3) is 0 Å². The first kappa shape index (κ1) is 9.19. The van der Waals surface area contributed by atoms with E-state index in [9.17, 15) is 4.79 Å². The van der Waals surface area contributed by atoms with Gasteiger partial charge in [-0.25, -0.2) is 4.79 Å². The molecular formula is C9H16N2OS. The summed E-state index contributed by atoms with van der Waals surface area (Å²) in [6, 6.07) is 0.885. The highest BCUT2D eigenvalue weighted by molar-refractivity contribution is 8.00. The summed E-state index contributed by atoms with van der Waals surface area (Å²) < 4.78 is 0. The maximum Gasteiger partial charge on any atom is 0.317 e. The van der Waals surface area contributed by atoms with Crippen LogP contribution in [0.1, 0.15) is 20.3 Å². The Bertz CT molecular complexity index is 220. The number of fused-ring (bicyclic) bond motifs is 2. The molecule has 2 rings (SSSR count). The Morgan fingerprint density at radius 1 is 1.62 bits per heavy atom. The molecule has 2 atom stereocenters. The fraction of sp³-hybridized carbons (Fsp3) is 0.889. The lowest BCUT2D eigenvalue weighted by Gasteiger charge is -2.27. The lowest BCUT2D eigenvalue weighted by Crippen LogP contribution is -2.47. The van der Waals surface area contributed by atoms with Crippen LogP contribution in [0.5, 0.6) is 0 Å². The molecule has 2 heterocycles. The average Bonchev–Trinajstić information content (AvgIpc) is 2.62. The molecule has 0 radical (unpaired) electrons. The first-order valence-electron chi connectivity index (χ1n) is 4.85. The number of urea groups is 1. The van der Waals surface area contributed by atoms with E-state index < -0.39 is 0 Å². The minimum atomic E-state index is 0.128. The summed E-state index contributed by atoms with van der Waals surface area (Å²) >= 11 is 2.01. The highest BCUT2D eigenvalue weighted by Gasteiger charge is 2.40. The second kappa shape index (κ2) is 3.40. The van der Waals surface area contributed by atoms with Crippen molar-refractivity contribution in [2.24, 2.45) is 0 Å². The molecule has 4 heteroatoms. The van der Waals surface area contributed by atoms with Crippen molar-refractivity contribution in [1.82, 2.24) is 10.2 Å². The summed E-state index contributed by atoms with van der Waals surface area (Å²) in [5.41, 5.74) is 0. The van der Waals surface area contributed by atoms with Gasteiger partial charge in [-0.05, 0) is 20.3 Å². The lowest BCUT2D eigenvalue weighted by atomic mass is 10.2. The normalized spacial score (nSPS) is 31.5. The summed E-state index contributed by atoms with van der Waals surface area (Å²) in [6.07, 6.45) is 1.20. The maximum absolute atomic E-state index is 11.7. The molecule has 0 aromatic rings. The lowest BCUT2D eigenvalue weighted by molar-refractivity contribution is 0.193. The third-order valence-corrected chi connectivity index (χ3v) is 3.96. The van der Waals surface area contributed by atoms with E-state index in [0.717, 1.165) is 12.3 Å². The Balaban J connectivity index is 1.91. The quantitative estimate of drug-likeness (QED) is 0.692. The molecule has 0 saturated carbocycles. The van der Waals surface area contributed by atoms with Crippen molar-refractivity contribution in [2.45, 2.75) is 37.6 Å². The molecule has 2 bridgehead atoms. The fourth-order valence-corrected chi connectivity index (χ4v) is 3.41. The van der Waals surface area contributed by atoms with Gasteiger partial charge in [0, 0.05) is 29.6 Å². The molecule has 0 aromatic heterocycles. The van der Waals surface area contributed by atoms with Gasteiger partial charge in [-0.2, -0.15) is 11.8 Å². The van der Waals surface area contributed by atoms with Gasteiger partial charge in [0.25, 0.3) is 0 Å². The van der Waals surface area contributed by atoms with E-state index in [1.165, 1.54) is 6.42 Å². The third-order valence-electron chi connectivity index (χ3n) is 2.57. The maximum atomic E-state index is 11.7. The topological polar surface area (TPSA) is 32.3 Å². The minimum absolute atomic E-state index is 0.128. The van der Waals surface area contributed by atoms with Crippen LogP contribution in [-0.2, 0) is 0 Å². The van der Waals surface area contributed by atoms with Gasteiger partial charge in [0.15, 0.2) is 0 Å². The van der Waals surface area contributed by atoms with Crippen molar-refractivity contribution in [3.63, 3.8) is 0 Å². The molecule has 2 aliphatic heterocycles. The first-order chi connectivity index (χ1) is 6.16. The fourth-order valence-electron chi connectivity index (χ4n) is 1.98. The molecule has 2 amide bonds. The molecule has 3 nitrogen and oxygen atoms in total. The van der Waals surface area contributed by atoms with Gasteiger partial charge in [-0.3, -0.25) is 0 Å². The summed E-state index contributed by atoms with van der Waals surface area (Å²) in [5, 5.41) is 3.66.